The number of ether oxygens (including phenoxy) is 1. The molecule has 0 radical (unpaired) electrons. The van der Waals surface area contributed by atoms with E-state index in [1.165, 1.54) is 0 Å². The normalized spacial score (nSPS) is 11.9. The molecule has 2 aromatic heterocycles. The van der Waals surface area contributed by atoms with Gasteiger partial charge in [0.1, 0.15) is 5.76 Å². The highest BCUT2D eigenvalue weighted by Gasteiger charge is 2.20. The Labute approximate surface area is 146 Å². The summed E-state index contributed by atoms with van der Waals surface area (Å²) in [6, 6.07) is 15.2. The molecule has 5 heteroatoms. The van der Waals surface area contributed by atoms with Crippen molar-refractivity contribution in [2.45, 2.75) is 32.8 Å². The van der Waals surface area contributed by atoms with Gasteiger partial charge in [-0.1, -0.05) is 41.6 Å². The van der Waals surface area contributed by atoms with Crippen molar-refractivity contribution in [3.8, 4) is 0 Å². The fourth-order valence-corrected chi connectivity index (χ4v) is 2.73. The first kappa shape index (κ1) is 16.9. The molecule has 1 atom stereocenters. The lowest BCUT2D eigenvalue weighted by Gasteiger charge is -2.18. The molecule has 0 bridgehead atoms. The number of benzene rings is 1. The van der Waals surface area contributed by atoms with Gasteiger partial charge in [-0.15, -0.1) is 0 Å². The van der Waals surface area contributed by atoms with Crippen LogP contribution in [0, 0.1) is 13.8 Å². The van der Waals surface area contributed by atoms with Crippen LogP contribution in [-0.2, 0) is 16.0 Å². The smallest absolute Gasteiger partial charge is 0.307 e. The van der Waals surface area contributed by atoms with Crippen molar-refractivity contribution in [3.05, 3.63) is 83.0 Å². The average molecular weight is 336 g/mol. The lowest BCUT2D eigenvalue weighted by molar-refractivity contribution is -0.147. The maximum atomic E-state index is 12.4. The molecule has 0 amide bonds. The summed E-state index contributed by atoms with van der Waals surface area (Å²) < 4.78 is 10.9. The molecule has 0 fully saturated rings. The molecule has 2 heterocycles. The van der Waals surface area contributed by atoms with Gasteiger partial charge >= 0.3 is 5.97 Å². The minimum Gasteiger partial charge on any atom is -0.451 e. The Morgan fingerprint density at radius 3 is 2.52 bits per heavy atom. The monoisotopic (exact) mass is 336 g/mol. The molecule has 0 aliphatic heterocycles. The number of carbonyl (C=O) groups excluding carboxylic acids is 1. The first-order valence-electron chi connectivity index (χ1n) is 8.22. The van der Waals surface area contributed by atoms with E-state index in [-0.39, 0.29) is 12.4 Å². The SMILES string of the molecule is Cc1noc(C)c1CCC(=O)OC(c1ccccc1)c1ccccn1. The van der Waals surface area contributed by atoms with Crippen molar-refractivity contribution in [2.24, 2.45) is 0 Å². The number of nitrogens with zero attached hydrogens (tertiary/aromatic N) is 2. The molecule has 0 spiro atoms. The first-order chi connectivity index (χ1) is 12.1. The van der Waals surface area contributed by atoms with Gasteiger partial charge in [0.05, 0.1) is 11.4 Å². The quantitative estimate of drug-likeness (QED) is 0.638. The van der Waals surface area contributed by atoms with E-state index in [2.05, 4.69) is 10.1 Å². The molecular formula is C20H20N2O3. The van der Waals surface area contributed by atoms with Gasteiger partial charge in [0.25, 0.3) is 0 Å². The summed E-state index contributed by atoms with van der Waals surface area (Å²) in [4.78, 5) is 16.8. The van der Waals surface area contributed by atoms with Crippen LogP contribution in [0.4, 0.5) is 0 Å². The van der Waals surface area contributed by atoms with Gasteiger partial charge in [-0.2, -0.15) is 0 Å². The average Bonchev–Trinajstić information content (AvgIpc) is 2.97. The third-order valence-corrected chi connectivity index (χ3v) is 4.07. The van der Waals surface area contributed by atoms with Crippen LogP contribution in [0.3, 0.4) is 0 Å². The van der Waals surface area contributed by atoms with Gasteiger partial charge < -0.3 is 9.26 Å². The lowest BCUT2D eigenvalue weighted by Crippen LogP contribution is -2.14. The summed E-state index contributed by atoms with van der Waals surface area (Å²) in [5.41, 5.74) is 3.38. The predicted molar refractivity (Wildman–Crippen MR) is 92.9 cm³/mol. The molecule has 25 heavy (non-hydrogen) atoms. The van der Waals surface area contributed by atoms with Crippen molar-refractivity contribution in [1.82, 2.24) is 10.1 Å². The van der Waals surface area contributed by atoms with Gasteiger partial charge in [0, 0.05) is 18.2 Å². The summed E-state index contributed by atoms with van der Waals surface area (Å²) in [5, 5.41) is 3.91. The van der Waals surface area contributed by atoms with Gasteiger partial charge in [-0.3, -0.25) is 9.78 Å². The summed E-state index contributed by atoms with van der Waals surface area (Å²) in [6.45, 7) is 3.72. The zero-order valence-corrected chi connectivity index (χ0v) is 14.3. The third-order valence-electron chi connectivity index (χ3n) is 4.07. The number of rotatable bonds is 6. The molecule has 0 saturated carbocycles. The van der Waals surface area contributed by atoms with Crippen LogP contribution in [-0.4, -0.2) is 16.1 Å². The Balaban J connectivity index is 1.73. The number of pyridine rings is 1. The number of aromatic nitrogens is 2. The van der Waals surface area contributed by atoms with Crippen molar-refractivity contribution in [2.75, 3.05) is 0 Å². The second kappa shape index (κ2) is 7.75. The van der Waals surface area contributed by atoms with Crippen molar-refractivity contribution >= 4 is 5.97 Å². The Bertz CT molecular complexity index is 770. The van der Waals surface area contributed by atoms with E-state index in [1.807, 2.05) is 62.4 Å². The number of carbonyl (C=O) groups is 1. The second-order valence-electron chi connectivity index (χ2n) is 5.84. The molecule has 1 aromatic carbocycles. The molecule has 3 rings (SSSR count). The molecule has 128 valence electrons. The van der Waals surface area contributed by atoms with Crippen LogP contribution >= 0.6 is 0 Å². The summed E-state index contributed by atoms with van der Waals surface area (Å²) in [5.74, 6) is 0.467. The summed E-state index contributed by atoms with van der Waals surface area (Å²) in [7, 11) is 0. The molecule has 0 N–H and O–H groups in total. The van der Waals surface area contributed by atoms with Crippen molar-refractivity contribution < 1.29 is 14.1 Å². The van der Waals surface area contributed by atoms with E-state index in [4.69, 9.17) is 9.26 Å². The Kier molecular flexibility index (Phi) is 5.23. The minimum absolute atomic E-state index is 0.263. The van der Waals surface area contributed by atoms with Crippen molar-refractivity contribution in [1.29, 1.82) is 0 Å². The zero-order valence-electron chi connectivity index (χ0n) is 14.3. The Morgan fingerprint density at radius 1 is 1.12 bits per heavy atom. The lowest BCUT2D eigenvalue weighted by atomic mass is 10.1. The number of esters is 1. The van der Waals surface area contributed by atoms with Gasteiger partial charge in [0.15, 0.2) is 6.10 Å². The van der Waals surface area contributed by atoms with E-state index in [9.17, 15) is 4.79 Å². The molecule has 0 aliphatic rings. The maximum Gasteiger partial charge on any atom is 0.307 e. The fourth-order valence-electron chi connectivity index (χ4n) is 2.73. The van der Waals surface area contributed by atoms with Crippen LogP contribution in [0.15, 0.2) is 59.3 Å². The number of hydrogen-bond donors (Lipinski definition) is 0. The standard InChI is InChI=1S/C20H20N2O3/c1-14-17(15(2)25-22-14)11-12-19(23)24-20(16-8-4-3-5-9-16)18-10-6-7-13-21-18/h3-10,13,20H,11-12H2,1-2H3. The highest BCUT2D eigenvalue weighted by atomic mass is 16.5. The van der Waals surface area contributed by atoms with E-state index in [0.717, 1.165) is 22.6 Å². The molecule has 5 nitrogen and oxygen atoms in total. The second-order valence-corrected chi connectivity index (χ2v) is 5.84. The molecule has 3 aromatic rings. The largest absolute Gasteiger partial charge is 0.451 e. The van der Waals surface area contributed by atoms with Crippen LogP contribution < -0.4 is 0 Å². The topological polar surface area (TPSA) is 65.2 Å². The molecular weight excluding hydrogens is 316 g/mol. The number of hydrogen-bond acceptors (Lipinski definition) is 5. The van der Waals surface area contributed by atoms with Gasteiger partial charge in [-0.05, 0) is 38.0 Å². The van der Waals surface area contributed by atoms with E-state index >= 15 is 0 Å². The molecule has 0 aliphatic carbocycles. The molecule has 0 saturated heterocycles. The highest BCUT2D eigenvalue weighted by Crippen LogP contribution is 2.25. The third kappa shape index (κ3) is 4.12. The van der Waals surface area contributed by atoms with E-state index < -0.39 is 6.10 Å². The predicted octanol–water partition coefficient (Wildman–Crippen LogP) is 3.95. The Hall–Kier alpha value is -2.95. The van der Waals surface area contributed by atoms with Crippen molar-refractivity contribution in [3.63, 3.8) is 0 Å². The van der Waals surface area contributed by atoms with E-state index in [1.54, 1.807) is 6.20 Å². The zero-order chi connectivity index (χ0) is 17.6. The van der Waals surface area contributed by atoms with Crippen LogP contribution in [0.1, 0.15) is 40.8 Å². The van der Waals surface area contributed by atoms with Gasteiger partial charge in [0.2, 0.25) is 0 Å². The molecule has 1 unspecified atom stereocenters. The fraction of sp³-hybridized carbons (Fsp3) is 0.250. The first-order valence-corrected chi connectivity index (χ1v) is 8.22. The van der Waals surface area contributed by atoms with Crippen LogP contribution in [0.2, 0.25) is 0 Å². The maximum absolute atomic E-state index is 12.4. The summed E-state index contributed by atoms with van der Waals surface area (Å²) in [6.07, 6.45) is 1.99. The minimum atomic E-state index is -0.514. The van der Waals surface area contributed by atoms with E-state index in [0.29, 0.717) is 12.1 Å². The van der Waals surface area contributed by atoms with Crippen LogP contribution in [0.25, 0.3) is 0 Å². The number of aryl methyl sites for hydroxylation is 2. The van der Waals surface area contributed by atoms with Gasteiger partial charge in [-0.25, -0.2) is 0 Å². The van der Waals surface area contributed by atoms with Crippen LogP contribution in [0.5, 0.6) is 0 Å². The summed E-state index contributed by atoms with van der Waals surface area (Å²) >= 11 is 0. The Morgan fingerprint density at radius 2 is 1.88 bits per heavy atom. The highest BCUT2D eigenvalue weighted by molar-refractivity contribution is 5.70.